The molecule has 0 aliphatic carbocycles. The maximum absolute atomic E-state index is 10.5. The van der Waals surface area contributed by atoms with Crippen molar-refractivity contribution in [3.8, 4) is 0 Å². The van der Waals surface area contributed by atoms with Crippen LogP contribution < -0.4 is 0 Å². The van der Waals surface area contributed by atoms with E-state index in [4.69, 9.17) is 11.6 Å². The second-order valence-corrected chi connectivity index (χ2v) is 3.18. The third-order valence-corrected chi connectivity index (χ3v) is 1.84. The molecule has 3 heteroatoms. The van der Waals surface area contributed by atoms with Crippen molar-refractivity contribution in [3.05, 3.63) is 40.4 Å². The van der Waals surface area contributed by atoms with Crippen molar-refractivity contribution in [3.63, 3.8) is 0 Å². The van der Waals surface area contributed by atoms with E-state index in [0.717, 1.165) is 18.1 Å². The molecular formula is C11H9ClO2. The fourth-order valence-electron chi connectivity index (χ4n) is 1.06. The van der Waals surface area contributed by atoms with E-state index < -0.39 is 0 Å². The molecule has 0 aliphatic heterocycles. The van der Waals surface area contributed by atoms with Crippen LogP contribution in [0.15, 0.2) is 24.3 Å². The Labute approximate surface area is 87.2 Å². The molecule has 0 bridgehead atoms. The van der Waals surface area contributed by atoms with Crippen molar-refractivity contribution in [1.29, 1.82) is 0 Å². The van der Waals surface area contributed by atoms with Gasteiger partial charge in [-0.15, -0.1) is 0 Å². The fraction of sp³-hybridized carbons (Fsp3) is 0.0909. The summed E-state index contributed by atoms with van der Waals surface area (Å²) in [5, 5.41) is 0.514. The van der Waals surface area contributed by atoms with Gasteiger partial charge in [-0.25, -0.2) is 0 Å². The van der Waals surface area contributed by atoms with Crippen LogP contribution in [0.4, 0.5) is 0 Å². The summed E-state index contributed by atoms with van der Waals surface area (Å²) < 4.78 is 0. The van der Waals surface area contributed by atoms with Crippen molar-refractivity contribution >= 4 is 30.2 Å². The summed E-state index contributed by atoms with van der Waals surface area (Å²) in [6, 6.07) is 5.03. The number of carbonyl (C=O) groups excluding carboxylic acids is 2. The Morgan fingerprint density at radius 3 is 2.50 bits per heavy atom. The number of halogens is 1. The second-order valence-electron chi connectivity index (χ2n) is 2.74. The van der Waals surface area contributed by atoms with Crippen LogP contribution in [0.5, 0.6) is 0 Å². The SMILES string of the molecule is O=CCC=Cc1cc(Cl)cc(C=O)c1. The molecule has 0 heterocycles. The maximum Gasteiger partial charge on any atom is 0.150 e. The topological polar surface area (TPSA) is 34.1 Å². The van der Waals surface area contributed by atoms with E-state index in [0.29, 0.717) is 17.0 Å². The zero-order valence-corrected chi connectivity index (χ0v) is 8.20. The number of hydrogen-bond donors (Lipinski definition) is 0. The monoisotopic (exact) mass is 208 g/mol. The van der Waals surface area contributed by atoms with Crippen LogP contribution >= 0.6 is 11.6 Å². The number of benzene rings is 1. The highest BCUT2D eigenvalue weighted by Gasteiger charge is 1.95. The lowest BCUT2D eigenvalue weighted by atomic mass is 10.1. The van der Waals surface area contributed by atoms with Gasteiger partial charge in [0.25, 0.3) is 0 Å². The molecule has 0 fully saturated rings. The van der Waals surface area contributed by atoms with Crippen molar-refractivity contribution in [2.45, 2.75) is 6.42 Å². The predicted molar refractivity (Wildman–Crippen MR) is 56.6 cm³/mol. The highest BCUT2D eigenvalue weighted by Crippen LogP contribution is 2.15. The number of hydrogen-bond acceptors (Lipinski definition) is 2. The lowest BCUT2D eigenvalue weighted by Gasteiger charge is -1.96. The van der Waals surface area contributed by atoms with Crippen molar-refractivity contribution in [2.24, 2.45) is 0 Å². The molecular weight excluding hydrogens is 200 g/mol. The molecule has 72 valence electrons. The summed E-state index contributed by atoms with van der Waals surface area (Å²) in [6.07, 6.45) is 5.38. The fourth-order valence-corrected chi connectivity index (χ4v) is 1.31. The van der Waals surface area contributed by atoms with Crippen LogP contribution in [-0.2, 0) is 4.79 Å². The number of carbonyl (C=O) groups is 2. The molecule has 0 amide bonds. The van der Waals surface area contributed by atoms with E-state index in [1.165, 1.54) is 0 Å². The molecule has 1 aromatic carbocycles. The molecule has 2 nitrogen and oxygen atoms in total. The Kier molecular flexibility index (Phi) is 4.08. The van der Waals surface area contributed by atoms with Crippen molar-refractivity contribution < 1.29 is 9.59 Å². The Balaban J connectivity index is 2.91. The number of rotatable bonds is 4. The summed E-state index contributed by atoms with van der Waals surface area (Å²) in [5.41, 5.74) is 1.35. The molecule has 0 N–H and O–H groups in total. The quantitative estimate of drug-likeness (QED) is 0.713. The highest BCUT2D eigenvalue weighted by molar-refractivity contribution is 6.31. The van der Waals surface area contributed by atoms with E-state index in [1.807, 2.05) is 0 Å². The minimum absolute atomic E-state index is 0.364. The molecule has 0 spiro atoms. The van der Waals surface area contributed by atoms with Crippen molar-refractivity contribution in [2.75, 3.05) is 0 Å². The first-order valence-electron chi connectivity index (χ1n) is 4.12. The summed E-state index contributed by atoms with van der Waals surface area (Å²) in [7, 11) is 0. The Morgan fingerprint density at radius 2 is 1.86 bits per heavy atom. The zero-order chi connectivity index (χ0) is 10.4. The minimum atomic E-state index is 0.364. The Hall–Kier alpha value is -1.41. The van der Waals surface area contributed by atoms with E-state index in [-0.39, 0.29) is 0 Å². The van der Waals surface area contributed by atoms with E-state index in [1.54, 1.807) is 30.4 Å². The van der Waals surface area contributed by atoms with Crippen LogP contribution in [0.2, 0.25) is 5.02 Å². The first-order valence-corrected chi connectivity index (χ1v) is 4.50. The van der Waals surface area contributed by atoms with Crippen LogP contribution in [0.3, 0.4) is 0 Å². The van der Waals surface area contributed by atoms with Gasteiger partial charge in [0.05, 0.1) is 0 Å². The number of aldehydes is 2. The third kappa shape index (κ3) is 3.15. The molecule has 0 saturated heterocycles. The molecule has 0 aromatic heterocycles. The van der Waals surface area contributed by atoms with Gasteiger partial charge in [-0.2, -0.15) is 0 Å². The normalized spacial score (nSPS) is 10.4. The first-order chi connectivity index (χ1) is 6.76. The lowest BCUT2D eigenvalue weighted by molar-refractivity contribution is -0.107. The molecule has 14 heavy (non-hydrogen) atoms. The standard InChI is InChI=1S/C11H9ClO2/c12-11-6-9(3-1-2-4-13)5-10(7-11)8-14/h1,3-8H,2H2. The Bertz CT molecular complexity index is 370. The smallest absolute Gasteiger partial charge is 0.150 e. The highest BCUT2D eigenvalue weighted by atomic mass is 35.5. The molecule has 0 unspecified atom stereocenters. The van der Waals surface area contributed by atoms with Crippen LogP contribution in [0.1, 0.15) is 22.3 Å². The average Bonchev–Trinajstić information content (AvgIpc) is 2.17. The van der Waals surface area contributed by atoms with Gasteiger partial charge in [-0.05, 0) is 23.8 Å². The van der Waals surface area contributed by atoms with Gasteiger partial charge in [0, 0.05) is 17.0 Å². The Morgan fingerprint density at radius 1 is 1.14 bits per heavy atom. The first kappa shape index (κ1) is 10.7. The van der Waals surface area contributed by atoms with Gasteiger partial charge in [0.15, 0.2) is 0 Å². The van der Waals surface area contributed by atoms with Crippen molar-refractivity contribution in [1.82, 2.24) is 0 Å². The molecule has 0 aliphatic rings. The molecule has 0 saturated carbocycles. The average molecular weight is 209 g/mol. The predicted octanol–water partition coefficient (Wildman–Crippen LogP) is 2.75. The van der Waals surface area contributed by atoms with Gasteiger partial charge < -0.3 is 4.79 Å². The van der Waals surface area contributed by atoms with Gasteiger partial charge in [0.2, 0.25) is 0 Å². The van der Waals surface area contributed by atoms with Gasteiger partial charge in [-0.3, -0.25) is 4.79 Å². The summed E-state index contributed by atoms with van der Waals surface area (Å²) >= 11 is 5.78. The molecule has 1 rings (SSSR count). The van der Waals surface area contributed by atoms with Gasteiger partial charge in [-0.1, -0.05) is 23.8 Å². The third-order valence-electron chi connectivity index (χ3n) is 1.62. The van der Waals surface area contributed by atoms with Crippen LogP contribution in [0, 0.1) is 0 Å². The maximum atomic E-state index is 10.5. The van der Waals surface area contributed by atoms with Gasteiger partial charge in [0.1, 0.15) is 12.6 Å². The molecule has 1 aromatic rings. The lowest BCUT2D eigenvalue weighted by Crippen LogP contribution is -1.81. The van der Waals surface area contributed by atoms with Crippen LogP contribution in [0.25, 0.3) is 6.08 Å². The molecule has 0 atom stereocenters. The summed E-state index contributed by atoms with van der Waals surface area (Å²) in [4.78, 5) is 20.6. The van der Waals surface area contributed by atoms with Gasteiger partial charge >= 0.3 is 0 Å². The number of allylic oxidation sites excluding steroid dienone is 1. The molecule has 0 radical (unpaired) electrons. The van der Waals surface area contributed by atoms with E-state index >= 15 is 0 Å². The largest absolute Gasteiger partial charge is 0.303 e. The van der Waals surface area contributed by atoms with Crippen LogP contribution in [-0.4, -0.2) is 12.6 Å². The van der Waals surface area contributed by atoms with E-state index in [9.17, 15) is 9.59 Å². The zero-order valence-electron chi connectivity index (χ0n) is 7.44. The minimum Gasteiger partial charge on any atom is -0.303 e. The summed E-state index contributed by atoms with van der Waals surface area (Å²) in [5.74, 6) is 0. The second kappa shape index (κ2) is 5.35. The summed E-state index contributed by atoms with van der Waals surface area (Å²) in [6.45, 7) is 0. The van der Waals surface area contributed by atoms with E-state index in [2.05, 4.69) is 0 Å².